The summed E-state index contributed by atoms with van der Waals surface area (Å²) in [7, 11) is 0. The van der Waals surface area contributed by atoms with Gasteiger partial charge in [-0.05, 0) is 84.3 Å². The predicted molar refractivity (Wildman–Crippen MR) is 121 cm³/mol. The van der Waals surface area contributed by atoms with Gasteiger partial charge in [-0.3, -0.25) is 0 Å². The summed E-state index contributed by atoms with van der Waals surface area (Å²) in [6.07, 6.45) is 2.89. The van der Waals surface area contributed by atoms with Gasteiger partial charge in [-0.15, -0.1) is 0 Å². The van der Waals surface area contributed by atoms with Gasteiger partial charge in [0, 0.05) is 26.6 Å². The topological polar surface area (TPSA) is 12.5 Å². The van der Waals surface area contributed by atoms with Gasteiger partial charge in [-0.1, -0.05) is 41.9 Å². The standard InChI is InChI=1S/C22H26BrFINO/c1-22(2)9-12-26(13-10-22)11-8-21(19-7-6-16(23)14-20(19)24)27-18-5-3-4-17(25)15-18/h3-7,14-15,21H,8-13H2,1-2H3. The van der Waals surface area contributed by atoms with E-state index in [1.165, 1.54) is 18.9 Å². The second-order valence-electron chi connectivity index (χ2n) is 8.02. The van der Waals surface area contributed by atoms with Crippen LogP contribution in [0.4, 0.5) is 4.39 Å². The molecule has 1 fully saturated rings. The fraction of sp³-hybridized carbons (Fsp3) is 0.455. The molecule has 0 aromatic heterocycles. The zero-order valence-electron chi connectivity index (χ0n) is 15.9. The molecule has 27 heavy (non-hydrogen) atoms. The Balaban J connectivity index is 1.73. The lowest BCUT2D eigenvalue weighted by atomic mass is 9.82. The van der Waals surface area contributed by atoms with Crippen molar-refractivity contribution < 1.29 is 9.13 Å². The third-order valence-electron chi connectivity index (χ3n) is 5.30. The molecule has 0 spiro atoms. The fourth-order valence-electron chi connectivity index (χ4n) is 3.43. The van der Waals surface area contributed by atoms with Crippen molar-refractivity contribution in [2.75, 3.05) is 19.6 Å². The lowest BCUT2D eigenvalue weighted by Crippen LogP contribution is -2.38. The molecular formula is C22H26BrFINO. The Bertz CT molecular complexity index is 773. The highest BCUT2D eigenvalue weighted by Crippen LogP contribution is 2.32. The van der Waals surface area contributed by atoms with Gasteiger partial charge < -0.3 is 9.64 Å². The summed E-state index contributed by atoms with van der Waals surface area (Å²) in [6, 6.07) is 13.2. The quantitative estimate of drug-likeness (QED) is 0.369. The smallest absolute Gasteiger partial charge is 0.131 e. The summed E-state index contributed by atoms with van der Waals surface area (Å²) in [5.41, 5.74) is 1.06. The number of piperidine rings is 1. The van der Waals surface area contributed by atoms with Crippen molar-refractivity contribution in [3.05, 3.63) is 61.9 Å². The molecule has 1 saturated heterocycles. The van der Waals surface area contributed by atoms with E-state index >= 15 is 0 Å². The Morgan fingerprint density at radius 1 is 1.19 bits per heavy atom. The van der Waals surface area contributed by atoms with Crippen LogP contribution in [0.1, 0.15) is 44.8 Å². The predicted octanol–water partition coefficient (Wildman–Crippen LogP) is 6.83. The minimum atomic E-state index is -0.300. The molecule has 1 aliphatic heterocycles. The average Bonchev–Trinajstić information content (AvgIpc) is 2.60. The summed E-state index contributed by atoms with van der Waals surface area (Å²) >= 11 is 5.61. The van der Waals surface area contributed by atoms with Gasteiger partial charge >= 0.3 is 0 Å². The van der Waals surface area contributed by atoms with E-state index in [0.717, 1.165) is 39.8 Å². The van der Waals surface area contributed by atoms with Crippen molar-refractivity contribution >= 4 is 38.5 Å². The maximum atomic E-state index is 14.6. The number of nitrogens with zero attached hydrogens (tertiary/aromatic N) is 1. The van der Waals surface area contributed by atoms with Crippen molar-refractivity contribution in [2.45, 2.75) is 39.2 Å². The molecule has 146 valence electrons. The van der Waals surface area contributed by atoms with Gasteiger partial charge in [0.15, 0.2) is 0 Å². The number of ether oxygens (including phenoxy) is 1. The van der Waals surface area contributed by atoms with Crippen molar-refractivity contribution in [2.24, 2.45) is 5.41 Å². The Hall–Kier alpha value is -0.660. The largest absolute Gasteiger partial charge is 0.486 e. The molecule has 3 rings (SSSR count). The Morgan fingerprint density at radius 3 is 2.59 bits per heavy atom. The molecule has 0 N–H and O–H groups in total. The van der Waals surface area contributed by atoms with E-state index in [1.54, 1.807) is 0 Å². The van der Waals surface area contributed by atoms with Gasteiger partial charge in [0.2, 0.25) is 0 Å². The minimum absolute atomic E-state index is 0.222. The summed E-state index contributed by atoms with van der Waals surface area (Å²) in [5, 5.41) is 0. The van der Waals surface area contributed by atoms with E-state index in [0.29, 0.717) is 11.0 Å². The maximum Gasteiger partial charge on any atom is 0.131 e. The molecule has 0 saturated carbocycles. The molecule has 0 amide bonds. The van der Waals surface area contributed by atoms with E-state index in [9.17, 15) is 4.39 Å². The van der Waals surface area contributed by atoms with Crippen LogP contribution in [-0.2, 0) is 0 Å². The molecule has 1 aliphatic rings. The first-order valence-electron chi connectivity index (χ1n) is 9.42. The first kappa shape index (κ1) is 21.1. The van der Waals surface area contributed by atoms with E-state index in [2.05, 4.69) is 57.3 Å². The summed E-state index contributed by atoms with van der Waals surface area (Å²) in [6.45, 7) is 7.80. The zero-order valence-corrected chi connectivity index (χ0v) is 19.6. The van der Waals surface area contributed by atoms with Gasteiger partial charge in [0.05, 0.1) is 0 Å². The van der Waals surface area contributed by atoms with Crippen molar-refractivity contribution in [3.8, 4) is 5.75 Å². The minimum Gasteiger partial charge on any atom is -0.486 e. The van der Waals surface area contributed by atoms with Crippen molar-refractivity contribution in [1.82, 2.24) is 4.90 Å². The summed E-state index contributed by atoms with van der Waals surface area (Å²) < 4.78 is 22.7. The highest BCUT2D eigenvalue weighted by atomic mass is 127. The van der Waals surface area contributed by atoms with Gasteiger partial charge in [0.1, 0.15) is 17.7 Å². The molecule has 1 unspecified atom stereocenters. The average molecular weight is 546 g/mol. The Morgan fingerprint density at radius 2 is 1.93 bits per heavy atom. The normalized spacial score (nSPS) is 18.3. The molecule has 0 bridgehead atoms. The molecule has 1 heterocycles. The Labute approximate surface area is 183 Å². The molecule has 0 radical (unpaired) electrons. The third kappa shape index (κ3) is 6.16. The van der Waals surface area contributed by atoms with Crippen LogP contribution in [0, 0.1) is 14.8 Å². The van der Waals surface area contributed by atoms with Gasteiger partial charge in [-0.25, -0.2) is 4.39 Å². The second-order valence-corrected chi connectivity index (χ2v) is 10.2. The number of rotatable bonds is 6. The van der Waals surface area contributed by atoms with E-state index in [4.69, 9.17) is 4.74 Å². The molecule has 2 aromatic rings. The molecule has 2 aromatic carbocycles. The number of hydrogen-bond acceptors (Lipinski definition) is 2. The highest BCUT2D eigenvalue weighted by Gasteiger charge is 2.26. The summed E-state index contributed by atoms with van der Waals surface area (Å²) in [5.74, 6) is 0.564. The monoisotopic (exact) mass is 545 g/mol. The molecule has 1 atom stereocenters. The molecule has 5 heteroatoms. The van der Waals surface area contributed by atoms with Crippen LogP contribution >= 0.6 is 38.5 Å². The second kappa shape index (κ2) is 9.23. The maximum absolute atomic E-state index is 14.6. The molecular weight excluding hydrogens is 520 g/mol. The van der Waals surface area contributed by atoms with E-state index in [1.807, 2.05) is 36.4 Å². The van der Waals surface area contributed by atoms with Crippen LogP contribution in [0.2, 0.25) is 0 Å². The van der Waals surface area contributed by atoms with Gasteiger partial charge in [0.25, 0.3) is 0 Å². The van der Waals surface area contributed by atoms with Gasteiger partial charge in [-0.2, -0.15) is 0 Å². The molecule has 0 aliphatic carbocycles. The number of halogens is 3. The van der Waals surface area contributed by atoms with E-state index < -0.39 is 0 Å². The van der Waals surface area contributed by atoms with Crippen LogP contribution in [0.3, 0.4) is 0 Å². The first-order valence-corrected chi connectivity index (χ1v) is 11.3. The zero-order chi connectivity index (χ0) is 19.4. The summed E-state index contributed by atoms with van der Waals surface area (Å²) in [4.78, 5) is 2.48. The number of hydrogen-bond donors (Lipinski definition) is 0. The SMILES string of the molecule is CC1(C)CCN(CCC(Oc2cccc(I)c2)c2ccc(Br)cc2F)CC1. The van der Waals surface area contributed by atoms with Crippen LogP contribution in [-0.4, -0.2) is 24.5 Å². The highest BCUT2D eigenvalue weighted by molar-refractivity contribution is 14.1. The molecule has 2 nitrogen and oxygen atoms in total. The lowest BCUT2D eigenvalue weighted by Gasteiger charge is -2.37. The van der Waals surface area contributed by atoms with Crippen LogP contribution in [0.5, 0.6) is 5.75 Å². The van der Waals surface area contributed by atoms with Crippen molar-refractivity contribution in [3.63, 3.8) is 0 Å². The number of benzene rings is 2. The van der Waals surface area contributed by atoms with Crippen LogP contribution in [0.15, 0.2) is 46.9 Å². The van der Waals surface area contributed by atoms with Crippen LogP contribution in [0.25, 0.3) is 0 Å². The lowest BCUT2D eigenvalue weighted by molar-refractivity contribution is 0.108. The van der Waals surface area contributed by atoms with Crippen LogP contribution < -0.4 is 4.74 Å². The fourth-order valence-corrected chi connectivity index (χ4v) is 4.27. The van der Waals surface area contributed by atoms with E-state index in [-0.39, 0.29) is 11.9 Å². The van der Waals surface area contributed by atoms with Crippen molar-refractivity contribution in [1.29, 1.82) is 0 Å². The third-order valence-corrected chi connectivity index (χ3v) is 6.47. The Kier molecular flexibility index (Phi) is 7.20. The number of likely N-dealkylation sites (tertiary alicyclic amines) is 1. The first-order chi connectivity index (χ1) is 12.8.